The summed E-state index contributed by atoms with van der Waals surface area (Å²) in [6, 6.07) is 0. The molecule has 1 aromatic heterocycles. The summed E-state index contributed by atoms with van der Waals surface area (Å²) in [5.74, 6) is 0. The lowest BCUT2D eigenvalue weighted by Crippen LogP contribution is -2.32. The molecule has 1 aromatic rings. The zero-order valence-corrected chi connectivity index (χ0v) is 11.1. The summed E-state index contributed by atoms with van der Waals surface area (Å²) >= 11 is 0. The van der Waals surface area contributed by atoms with Crippen LogP contribution in [0.5, 0.6) is 0 Å². The maximum absolute atomic E-state index is 9.97. The summed E-state index contributed by atoms with van der Waals surface area (Å²) in [7, 11) is 0. The minimum Gasteiger partial charge on any atom is -0.388 e. The molecule has 18 heavy (non-hydrogen) atoms. The molecule has 0 spiro atoms. The van der Waals surface area contributed by atoms with Crippen LogP contribution in [0.4, 0.5) is 0 Å². The van der Waals surface area contributed by atoms with Gasteiger partial charge in [-0.25, -0.2) is 0 Å². The summed E-state index contributed by atoms with van der Waals surface area (Å²) < 4.78 is 2.29. The van der Waals surface area contributed by atoms with Crippen molar-refractivity contribution in [2.75, 3.05) is 19.6 Å². The van der Waals surface area contributed by atoms with Crippen molar-refractivity contribution in [3.8, 4) is 0 Å². The molecule has 1 aliphatic carbocycles. The van der Waals surface area contributed by atoms with E-state index in [9.17, 15) is 5.11 Å². The van der Waals surface area contributed by atoms with Gasteiger partial charge in [0.25, 0.3) is 0 Å². The van der Waals surface area contributed by atoms with Crippen LogP contribution in [-0.4, -0.2) is 34.2 Å². The van der Waals surface area contributed by atoms with Crippen LogP contribution in [0.25, 0.3) is 0 Å². The van der Waals surface area contributed by atoms with Crippen LogP contribution < -0.4 is 0 Å². The second kappa shape index (κ2) is 5.45. The molecular weight excluding hydrogens is 224 g/mol. The first-order chi connectivity index (χ1) is 8.83. The Hall–Kier alpha value is -0.800. The van der Waals surface area contributed by atoms with Gasteiger partial charge in [-0.3, -0.25) is 0 Å². The molecule has 1 atom stereocenters. The summed E-state index contributed by atoms with van der Waals surface area (Å²) in [5, 5.41) is 9.97. The van der Waals surface area contributed by atoms with Crippen molar-refractivity contribution in [3.05, 3.63) is 23.5 Å². The van der Waals surface area contributed by atoms with Crippen LogP contribution in [0.1, 0.15) is 49.3 Å². The largest absolute Gasteiger partial charge is 0.388 e. The molecule has 1 saturated heterocycles. The van der Waals surface area contributed by atoms with Crippen molar-refractivity contribution in [1.82, 2.24) is 9.47 Å². The SMILES string of the molecule is OC1CCCc2cn(CCN3CCCCC3)cc21. The lowest BCUT2D eigenvalue weighted by atomic mass is 9.93. The molecule has 3 heteroatoms. The van der Waals surface area contributed by atoms with E-state index in [1.165, 1.54) is 43.5 Å². The van der Waals surface area contributed by atoms with Gasteiger partial charge in [0, 0.05) is 31.0 Å². The Morgan fingerprint density at radius 3 is 2.67 bits per heavy atom. The number of hydrogen-bond acceptors (Lipinski definition) is 2. The Bertz CT molecular complexity index is 393. The number of nitrogens with zero attached hydrogens (tertiary/aromatic N) is 2. The zero-order valence-electron chi connectivity index (χ0n) is 11.1. The van der Waals surface area contributed by atoms with E-state index in [0.29, 0.717) is 0 Å². The molecule has 0 radical (unpaired) electrons. The van der Waals surface area contributed by atoms with Crippen molar-refractivity contribution in [1.29, 1.82) is 0 Å². The predicted octanol–water partition coefficient (Wildman–Crippen LogP) is 2.34. The minimum absolute atomic E-state index is 0.218. The van der Waals surface area contributed by atoms with E-state index in [0.717, 1.165) is 32.4 Å². The van der Waals surface area contributed by atoms with Gasteiger partial charge in [-0.05, 0) is 50.8 Å². The van der Waals surface area contributed by atoms with Crippen molar-refractivity contribution in [3.63, 3.8) is 0 Å². The minimum atomic E-state index is -0.218. The highest BCUT2D eigenvalue weighted by Crippen LogP contribution is 2.30. The molecule has 1 N–H and O–H groups in total. The number of aliphatic hydroxyl groups excluding tert-OH is 1. The topological polar surface area (TPSA) is 28.4 Å². The first-order valence-corrected chi connectivity index (χ1v) is 7.42. The average Bonchev–Trinajstić information content (AvgIpc) is 2.82. The average molecular weight is 248 g/mol. The van der Waals surface area contributed by atoms with Crippen LogP contribution in [0, 0.1) is 0 Å². The van der Waals surface area contributed by atoms with Gasteiger partial charge in [0.05, 0.1) is 6.10 Å². The fourth-order valence-electron chi connectivity index (χ4n) is 3.29. The Labute approximate surface area is 109 Å². The zero-order chi connectivity index (χ0) is 12.4. The van der Waals surface area contributed by atoms with E-state index < -0.39 is 0 Å². The van der Waals surface area contributed by atoms with Gasteiger partial charge < -0.3 is 14.6 Å². The molecule has 2 aliphatic rings. The molecule has 100 valence electrons. The monoisotopic (exact) mass is 248 g/mol. The number of fused-ring (bicyclic) bond motifs is 1. The molecule has 2 heterocycles. The van der Waals surface area contributed by atoms with Gasteiger partial charge in [0.1, 0.15) is 0 Å². The Kier molecular flexibility index (Phi) is 3.71. The maximum atomic E-state index is 9.97. The van der Waals surface area contributed by atoms with E-state index in [1.54, 1.807) is 0 Å². The molecule has 3 nitrogen and oxygen atoms in total. The van der Waals surface area contributed by atoms with Gasteiger partial charge >= 0.3 is 0 Å². The summed E-state index contributed by atoms with van der Waals surface area (Å²) in [6.07, 6.45) is 11.5. The Balaban J connectivity index is 1.59. The molecular formula is C15H24N2O. The van der Waals surface area contributed by atoms with Gasteiger partial charge in [0.2, 0.25) is 0 Å². The smallest absolute Gasteiger partial charge is 0.0807 e. The van der Waals surface area contributed by atoms with Crippen molar-refractivity contribution in [2.24, 2.45) is 0 Å². The first kappa shape index (κ1) is 12.2. The summed E-state index contributed by atoms with van der Waals surface area (Å²) in [5.41, 5.74) is 2.55. The van der Waals surface area contributed by atoms with E-state index in [-0.39, 0.29) is 6.10 Å². The lowest BCUT2D eigenvalue weighted by Gasteiger charge is -2.26. The van der Waals surface area contributed by atoms with Gasteiger partial charge in [-0.2, -0.15) is 0 Å². The fourth-order valence-corrected chi connectivity index (χ4v) is 3.29. The molecule has 1 unspecified atom stereocenters. The predicted molar refractivity (Wildman–Crippen MR) is 72.6 cm³/mol. The van der Waals surface area contributed by atoms with Crippen molar-refractivity contribution >= 4 is 0 Å². The molecule has 1 aliphatic heterocycles. The van der Waals surface area contributed by atoms with E-state index in [1.807, 2.05) is 0 Å². The van der Waals surface area contributed by atoms with E-state index in [2.05, 4.69) is 21.9 Å². The highest BCUT2D eigenvalue weighted by molar-refractivity contribution is 5.28. The highest BCUT2D eigenvalue weighted by Gasteiger charge is 2.20. The number of aliphatic hydroxyl groups is 1. The number of aryl methyl sites for hydroxylation is 1. The van der Waals surface area contributed by atoms with Gasteiger partial charge in [-0.1, -0.05) is 6.42 Å². The number of likely N-dealkylation sites (tertiary alicyclic amines) is 1. The third kappa shape index (κ3) is 2.62. The molecule has 0 amide bonds. The van der Waals surface area contributed by atoms with E-state index in [4.69, 9.17) is 0 Å². The van der Waals surface area contributed by atoms with Gasteiger partial charge in [0.15, 0.2) is 0 Å². The second-order valence-corrected chi connectivity index (χ2v) is 5.79. The standard InChI is InChI=1S/C15H24N2O/c18-15-6-4-5-13-11-17(12-14(13)15)10-9-16-7-2-1-3-8-16/h11-12,15,18H,1-10H2. The Morgan fingerprint density at radius 2 is 1.89 bits per heavy atom. The van der Waals surface area contributed by atoms with Crippen LogP contribution in [-0.2, 0) is 13.0 Å². The lowest BCUT2D eigenvalue weighted by molar-refractivity contribution is 0.157. The molecule has 0 saturated carbocycles. The van der Waals surface area contributed by atoms with Crippen LogP contribution in [0.3, 0.4) is 0 Å². The summed E-state index contributed by atoms with van der Waals surface area (Å²) in [4.78, 5) is 2.57. The fraction of sp³-hybridized carbons (Fsp3) is 0.733. The highest BCUT2D eigenvalue weighted by atomic mass is 16.3. The molecule has 0 bridgehead atoms. The number of aromatic nitrogens is 1. The quantitative estimate of drug-likeness (QED) is 0.889. The van der Waals surface area contributed by atoms with Crippen molar-refractivity contribution in [2.45, 2.75) is 51.2 Å². The third-order valence-corrected chi connectivity index (χ3v) is 4.40. The second-order valence-electron chi connectivity index (χ2n) is 5.79. The van der Waals surface area contributed by atoms with Crippen LogP contribution >= 0.6 is 0 Å². The number of rotatable bonds is 3. The maximum Gasteiger partial charge on any atom is 0.0807 e. The number of hydrogen-bond donors (Lipinski definition) is 1. The van der Waals surface area contributed by atoms with Crippen LogP contribution in [0.15, 0.2) is 12.4 Å². The normalized spacial score (nSPS) is 25.1. The summed E-state index contributed by atoms with van der Waals surface area (Å²) in [6.45, 7) is 4.76. The first-order valence-electron chi connectivity index (χ1n) is 7.42. The molecule has 1 fully saturated rings. The molecule has 3 rings (SSSR count). The number of piperidine rings is 1. The molecule has 0 aromatic carbocycles. The van der Waals surface area contributed by atoms with Crippen LogP contribution in [0.2, 0.25) is 0 Å². The third-order valence-electron chi connectivity index (χ3n) is 4.40. The Morgan fingerprint density at radius 1 is 1.06 bits per heavy atom. The van der Waals surface area contributed by atoms with Gasteiger partial charge in [-0.15, -0.1) is 0 Å². The van der Waals surface area contributed by atoms with E-state index >= 15 is 0 Å². The van der Waals surface area contributed by atoms with Crippen molar-refractivity contribution < 1.29 is 5.11 Å².